The number of ether oxygens (including phenoxy) is 1. The van der Waals surface area contributed by atoms with E-state index in [1.807, 2.05) is 0 Å². The number of aliphatic hydroxyl groups is 1. The number of methoxy groups -OCH3 is 1. The highest BCUT2D eigenvalue weighted by atomic mass is 32.2. The summed E-state index contributed by atoms with van der Waals surface area (Å²) in [5.74, 6) is 0.471. The van der Waals surface area contributed by atoms with Gasteiger partial charge in [0.05, 0.1) is 18.6 Å². The van der Waals surface area contributed by atoms with Gasteiger partial charge < -0.3 is 9.84 Å². The lowest BCUT2D eigenvalue weighted by molar-refractivity contribution is 0.260. The molecule has 0 radical (unpaired) electrons. The van der Waals surface area contributed by atoms with Crippen LogP contribution in [-0.4, -0.2) is 44.6 Å². The zero-order chi connectivity index (χ0) is 13.6. The Labute approximate surface area is 107 Å². The molecule has 0 atom stereocenters. The molecule has 1 rings (SSSR count). The van der Waals surface area contributed by atoms with E-state index in [9.17, 15) is 8.42 Å². The fourth-order valence-electron chi connectivity index (χ4n) is 1.48. The zero-order valence-electron chi connectivity index (χ0n) is 10.2. The molecule has 0 bridgehead atoms. The van der Waals surface area contributed by atoms with Gasteiger partial charge in [-0.15, -0.1) is 6.58 Å². The number of benzene rings is 1. The fraction of sp³-hybridized carbons (Fsp3) is 0.333. The Hall–Kier alpha value is -1.37. The SMILES string of the molecule is C=CCN(CCO)S(=O)(=O)c1cccc(OC)c1. The van der Waals surface area contributed by atoms with E-state index in [4.69, 9.17) is 9.84 Å². The van der Waals surface area contributed by atoms with E-state index in [1.54, 1.807) is 12.1 Å². The van der Waals surface area contributed by atoms with Crippen molar-refractivity contribution in [1.82, 2.24) is 4.31 Å². The maximum Gasteiger partial charge on any atom is 0.243 e. The average Bonchev–Trinajstić information content (AvgIpc) is 2.38. The summed E-state index contributed by atoms with van der Waals surface area (Å²) in [6, 6.07) is 6.22. The van der Waals surface area contributed by atoms with Gasteiger partial charge in [-0.25, -0.2) is 8.42 Å². The Morgan fingerprint density at radius 3 is 2.78 bits per heavy atom. The van der Waals surface area contributed by atoms with Gasteiger partial charge >= 0.3 is 0 Å². The second kappa shape index (κ2) is 6.53. The van der Waals surface area contributed by atoms with Crippen molar-refractivity contribution in [2.24, 2.45) is 0 Å². The number of rotatable bonds is 7. The predicted molar refractivity (Wildman–Crippen MR) is 69.0 cm³/mol. The highest BCUT2D eigenvalue weighted by Crippen LogP contribution is 2.20. The number of hydrogen-bond acceptors (Lipinski definition) is 4. The molecule has 6 heteroatoms. The van der Waals surface area contributed by atoms with E-state index in [-0.39, 0.29) is 24.6 Å². The van der Waals surface area contributed by atoms with Crippen molar-refractivity contribution in [3.63, 3.8) is 0 Å². The van der Waals surface area contributed by atoms with Crippen molar-refractivity contribution >= 4 is 10.0 Å². The van der Waals surface area contributed by atoms with Crippen LogP contribution in [0, 0.1) is 0 Å². The molecule has 0 aliphatic rings. The lowest BCUT2D eigenvalue weighted by Crippen LogP contribution is -2.33. The first-order valence-electron chi connectivity index (χ1n) is 5.42. The zero-order valence-corrected chi connectivity index (χ0v) is 11.1. The van der Waals surface area contributed by atoms with Gasteiger partial charge in [0.2, 0.25) is 10.0 Å². The van der Waals surface area contributed by atoms with Crippen molar-refractivity contribution in [3.8, 4) is 5.75 Å². The monoisotopic (exact) mass is 271 g/mol. The molecular formula is C12H17NO4S. The molecule has 0 saturated heterocycles. The second-order valence-electron chi connectivity index (χ2n) is 3.55. The third-order valence-electron chi connectivity index (χ3n) is 2.36. The quantitative estimate of drug-likeness (QED) is 0.747. The van der Waals surface area contributed by atoms with Crippen molar-refractivity contribution in [3.05, 3.63) is 36.9 Å². The number of nitrogens with zero attached hydrogens (tertiary/aromatic N) is 1. The molecule has 18 heavy (non-hydrogen) atoms. The Morgan fingerprint density at radius 1 is 1.50 bits per heavy atom. The molecule has 0 unspecified atom stereocenters. The van der Waals surface area contributed by atoms with Crippen LogP contribution in [-0.2, 0) is 10.0 Å². The Balaban J connectivity index is 3.12. The van der Waals surface area contributed by atoms with Gasteiger partial charge in [0.25, 0.3) is 0 Å². The standard InChI is InChI=1S/C12H17NO4S/c1-3-7-13(8-9-14)18(15,16)12-6-4-5-11(10-12)17-2/h3-6,10,14H,1,7-9H2,2H3. The molecule has 5 nitrogen and oxygen atoms in total. The van der Waals surface area contributed by atoms with Gasteiger partial charge in [0.1, 0.15) is 5.75 Å². The van der Waals surface area contributed by atoms with Gasteiger partial charge in [-0.1, -0.05) is 12.1 Å². The molecule has 0 spiro atoms. The average molecular weight is 271 g/mol. The molecule has 1 N–H and O–H groups in total. The van der Waals surface area contributed by atoms with Crippen molar-refractivity contribution in [2.75, 3.05) is 26.8 Å². The lowest BCUT2D eigenvalue weighted by atomic mass is 10.3. The summed E-state index contributed by atoms with van der Waals surface area (Å²) in [5.41, 5.74) is 0. The highest BCUT2D eigenvalue weighted by molar-refractivity contribution is 7.89. The Bertz CT molecular complexity index is 499. The summed E-state index contributed by atoms with van der Waals surface area (Å²) in [6.45, 7) is 3.46. The molecular weight excluding hydrogens is 254 g/mol. The van der Waals surface area contributed by atoms with Crippen LogP contribution in [0.15, 0.2) is 41.8 Å². The summed E-state index contributed by atoms with van der Waals surface area (Å²) in [5, 5.41) is 8.91. The van der Waals surface area contributed by atoms with E-state index >= 15 is 0 Å². The Morgan fingerprint density at radius 2 is 2.22 bits per heavy atom. The third kappa shape index (κ3) is 3.32. The molecule has 0 aromatic heterocycles. The van der Waals surface area contributed by atoms with Crippen LogP contribution in [0.1, 0.15) is 0 Å². The molecule has 100 valence electrons. The summed E-state index contributed by atoms with van der Waals surface area (Å²) in [6.07, 6.45) is 1.48. The predicted octanol–water partition coefficient (Wildman–Crippen LogP) is 0.864. The van der Waals surface area contributed by atoms with E-state index in [0.717, 1.165) is 4.31 Å². The van der Waals surface area contributed by atoms with Gasteiger partial charge in [0.15, 0.2) is 0 Å². The first-order chi connectivity index (χ1) is 8.56. The largest absolute Gasteiger partial charge is 0.497 e. The van der Waals surface area contributed by atoms with E-state index in [1.165, 1.54) is 25.3 Å². The summed E-state index contributed by atoms with van der Waals surface area (Å²) >= 11 is 0. The van der Waals surface area contributed by atoms with Crippen LogP contribution >= 0.6 is 0 Å². The number of aliphatic hydroxyl groups excluding tert-OH is 1. The van der Waals surface area contributed by atoms with Crippen molar-refractivity contribution < 1.29 is 18.3 Å². The van der Waals surface area contributed by atoms with Crippen LogP contribution in [0.2, 0.25) is 0 Å². The van der Waals surface area contributed by atoms with Crippen LogP contribution in [0.25, 0.3) is 0 Å². The maximum absolute atomic E-state index is 12.3. The topological polar surface area (TPSA) is 66.8 Å². The first-order valence-corrected chi connectivity index (χ1v) is 6.86. The van der Waals surface area contributed by atoms with Gasteiger partial charge in [0, 0.05) is 19.2 Å². The minimum absolute atomic E-state index is 0.0333. The van der Waals surface area contributed by atoms with Gasteiger partial charge in [-0.3, -0.25) is 0 Å². The first kappa shape index (κ1) is 14.7. The minimum Gasteiger partial charge on any atom is -0.497 e. The fourth-order valence-corrected chi connectivity index (χ4v) is 2.91. The molecule has 1 aromatic carbocycles. The van der Waals surface area contributed by atoms with Crippen LogP contribution in [0.4, 0.5) is 0 Å². The van der Waals surface area contributed by atoms with E-state index < -0.39 is 10.0 Å². The highest BCUT2D eigenvalue weighted by Gasteiger charge is 2.23. The summed E-state index contributed by atoms with van der Waals surface area (Å²) in [7, 11) is -2.16. The molecule has 0 fully saturated rings. The maximum atomic E-state index is 12.3. The van der Waals surface area contributed by atoms with Crippen LogP contribution < -0.4 is 4.74 Å². The Kier molecular flexibility index (Phi) is 5.33. The third-order valence-corrected chi connectivity index (χ3v) is 4.22. The second-order valence-corrected chi connectivity index (χ2v) is 5.49. The number of hydrogen-bond donors (Lipinski definition) is 1. The molecule has 1 aromatic rings. The summed E-state index contributed by atoms with van der Waals surface area (Å²) < 4.78 is 30.7. The number of sulfonamides is 1. The van der Waals surface area contributed by atoms with Gasteiger partial charge in [-0.05, 0) is 12.1 Å². The minimum atomic E-state index is -3.64. The van der Waals surface area contributed by atoms with Crippen molar-refractivity contribution in [2.45, 2.75) is 4.90 Å². The molecule has 0 heterocycles. The lowest BCUT2D eigenvalue weighted by Gasteiger charge is -2.19. The normalized spacial score (nSPS) is 11.5. The van der Waals surface area contributed by atoms with Crippen LogP contribution in [0.5, 0.6) is 5.75 Å². The van der Waals surface area contributed by atoms with E-state index in [2.05, 4.69) is 6.58 Å². The molecule has 0 saturated carbocycles. The van der Waals surface area contributed by atoms with E-state index in [0.29, 0.717) is 5.75 Å². The summed E-state index contributed by atoms with van der Waals surface area (Å²) in [4.78, 5) is 0.136. The molecule has 0 aliphatic carbocycles. The van der Waals surface area contributed by atoms with Crippen LogP contribution in [0.3, 0.4) is 0 Å². The van der Waals surface area contributed by atoms with Gasteiger partial charge in [-0.2, -0.15) is 4.31 Å². The molecule has 0 aliphatic heterocycles. The smallest absolute Gasteiger partial charge is 0.243 e. The van der Waals surface area contributed by atoms with Crippen molar-refractivity contribution in [1.29, 1.82) is 0 Å². The molecule has 0 amide bonds.